The minimum atomic E-state index is -0.928. The Morgan fingerprint density at radius 1 is 0.960 bits per heavy atom. The first kappa shape index (κ1) is 17.1. The zero-order chi connectivity index (χ0) is 17.6. The van der Waals surface area contributed by atoms with Crippen molar-refractivity contribution >= 4 is 29.1 Å². The lowest BCUT2D eigenvalue weighted by Gasteiger charge is -2.09. The molecule has 128 valence electrons. The maximum absolute atomic E-state index is 13.2. The molecule has 0 amide bonds. The summed E-state index contributed by atoms with van der Waals surface area (Å²) >= 11 is 5.86. The normalized spacial score (nSPS) is 10.5. The lowest BCUT2D eigenvalue weighted by Crippen LogP contribution is -2.07. The molecule has 1 aromatic heterocycles. The number of halogens is 3. The molecule has 0 spiro atoms. The maximum atomic E-state index is 13.2. The highest BCUT2D eigenvalue weighted by atomic mass is 35.5. The summed E-state index contributed by atoms with van der Waals surface area (Å²) in [5.41, 5.74) is 1.53. The van der Waals surface area contributed by atoms with E-state index >= 15 is 0 Å². The van der Waals surface area contributed by atoms with Gasteiger partial charge in [0.05, 0.1) is 0 Å². The van der Waals surface area contributed by atoms with E-state index in [0.717, 1.165) is 24.1 Å². The summed E-state index contributed by atoms with van der Waals surface area (Å²) in [4.78, 5) is 8.36. The van der Waals surface area contributed by atoms with Crippen LogP contribution in [0.25, 0.3) is 0 Å². The molecule has 7 heteroatoms. The largest absolute Gasteiger partial charge is 0.370 e. The van der Waals surface area contributed by atoms with Gasteiger partial charge in [0.25, 0.3) is 0 Å². The smallest absolute Gasteiger partial charge is 0.229 e. The first-order valence-electron chi connectivity index (χ1n) is 7.63. The number of hydrogen-bond donors (Lipinski definition) is 2. The first-order valence-corrected chi connectivity index (χ1v) is 8.01. The third-order valence-electron chi connectivity index (χ3n) is 3.46. The van der Waals surface area contributed by atoms with Crippen molar-refractivity contribution in [2.24, 2.45) is 0 Å². The van der Waals surface area contributed by atoms with Crippen LogP contribution in [0.2, 0.25) is 5.02 Å². The highest BCUT2D eigenvalue weighted by molar-refractivity contribution is 6.30. The third-order valence-corrected chi connectivity index (χ3v) is 3.72. The van der Waals surface area contributed by atoms with E-state index in [-0.39, 0.29) is 0 Å². The summed E-state index contributed by atoms with van der Waals surface area (Å²) < 4.78 is 26.2. The molecular formula is C18H15ClF2N4. The van der Waals surface area contributed by atoms with Crippen molar-refractivity contribution in [2.45, 2.75) is 6.42 Å². The Morgan fingerprint density at radius 2 is 1.76 bits per heavy atom. The van der Waals surface area contributed by atoms with Crippen LogP contribution in [0.15, 0.2) is 54.7 Å². The fraction of sp³-hybridized carbons (Fsp3) is 0.111. The fourth-order valence-corrected chi connectivity index (χ4v) is 2.33. The van der Waals surface area contributed by atoms with Gasteiger partial charge in [0.1, 0.15) is 5.82 Å². The van der Waals surface area contributed by atoms with Crippen molar-refractivity contribution in [3.05, 3.63) is 76.9 Å². The van der Waals surface area contributed by atoms with Crippen LogP contribution < -0.4 is 10.6 Å². The van der Waals surface area contributed by atoms with Gasteiger partial charge in [0.2, 0.25) is 5.95 Å². The maximum Gasteiger partial charge on any atom is 0.229 e. The molecular weight excluding hydrogens is 346 g/mol. The molecule has 0 aliphatic carbocycles. The predicted molar refractivity (Wildman–Crippen MR) is 95.3 cm³/mol. The second-order valence-electron chi connectivity index (χ2n) is 5.32. The van der Waals surface area contributed by atoms with E-state index in [1.807, 2.05) is 24.3 Å². The molecule has 0 aliphatic heterocycles. The average Bonchev–Trinajstić information content (AvgIpc) is 2.60. The van der Waals surface area contributed by atoms with Gasteiger partial charge in [0, 0.05) is 29.5 Å². The van der Waals surface area contributed by atoms with Crippen LogP contribution in [-0.4, -0.2) is 16.5 Å². The first-order chi connectivity index (χ1) is 12.1. The number of hydrogen-bond acceptors (Lipinski definition) is 4. The van der Waals surface area contributed by atoms with E-state index in [2.05, 4.69) is 20.6 Å². The Hall–Kier alpha value is -2.73. The summed E-state index contributed by atoms with van der Waals surface area (Å²) in [6.45, 7) is 0.684. The zero-order valence-corrected chi connectivity index (χ0v) is 13.9. The highest BCUT2D eigenvalue weighted by Crippen LogP contribution is 2.17. The van der Waals surface area contributed by atoms with Gasteiger partial charge >= 0.3 is 0 Å². The zero-order valence-electron chi connectivity index (χ0n) is 13.1. The summed E-state index contributed by atoms with van der Waals surface area (Å²) in [6, 6.07) is 12.9. The standard InChI is InChI=1S/C18H15ClF2N4/c19-13-3-1-12(2-4-13)7-9-22-17-8-10-23-18(25-17)24-14-5-6-15(20)16(21)11-14/h1-6,8,10-11H,7,9H2,(H2,22,23,24,25). The number of nitrogens with one attached hydrogen (secondary N) is 2. The average molecular weight is 361 g/mol. The van der Waals surface area contributed by atoms with Gasteiger partial charge in [-0.2, -0.15) is 4.98 Å². The Bertz CT molecular complexity index is 856. The SMILES string of the molecule is Fc1ccc(Nc2nccc(NCCc3ccc(Cl)cc3)n2)cc1F. The van der Waals surface area contributed by atoms with Crippen molar-refractivity contribution in [1.29, 1.82) is 0 Å². The number of anilines is 3. The van der Waals surface area contributed by atoms with E-state index in [1.54, 1.807) is 12.3 Å². The Balaban J connectivity index is 1.59. The van der Waals surface area contributed by atoms with E-state index in [4.69, 9.17) is 11.6 Å². The van der Waals surface area contributed by atoms with Crippen LogP contribution in [0.5, 0.6) is 0 Å². The van der Waals surface area contributed by atoms with Crippen LogP contribution in [0, 0.1) is 11.6 Å². The Labute approximate surface area is 148 Å². The molecule has 0 bridgehead atoms. The van der Waals surface area contributed by atoms with Crippen molar-refractivity contribution in [2.75, 3.05) is 17.2 Å². The van der Waals surface area contributed by atoms with Gasteiger partial charge in [-0.1, -0.05) is 23.7 Å². The van der Waals surface area contributed by atoms with Crippen LogP contribution in [0.3, 0.4) is 0 Å². The number of nitrogens with zero attached hydrogens (tertiary/aromatic N) is 2. The number of benzene rings is 2. The molecule has 3 rings (SSSR count). The number of rotatable bonds is 6. The monoisotopic (exact) mass is 360 g/mol. The lowest BCUT2D eigenvalue weighted by atomic mass is 10.1. The van der Waals surface area contributed by atoms with E-state index < -0.39 is 11.6 Å². The van der Waals surface area contributed by atoms with Crippen molar-refractivity contribution < 1.29 is 8.78 Å². The van der Waals surface area contributed by atoms with E-state index in [9.17, 15) is 8.78 Å². The number of aromatic nitrogens is 2. The molecule has 0 radical (unpaired) electrons. The minimum Gasteiger partial charge on any atom is -0.370 e. The molecule has 0 saturated heterocycles. The van der Waals surface area contributed by atoms with Gasteiger partial charge in [-0.25, -0.2) is 13.8 Å². The molecule has 0 aliphatic rings. The van der Waals surface area contributed by atoms with Gasteiger partial charge in [-0.15, -0.1) is 0 Å². The van der Waals surface area contributed by atoms with E-state index in [0.29, 0.717) is 29.0 Å². The topological polar surface area (TPSA) is 49.8 Å². The van der Waals surface area contributed by atoms with Crippen molar-refractivity contribution in [3.63, 3.8) is 0 Å². The molecule has 0 atom stereocenters. The summed E-state index contributed by atoms with van der Waals surface area (Å²) in [5.74, 6) is -0.900. The second kappa shape index (κ2) is 7.90. The van der Waals surface area contributed by atoms with Crippen LogP contribution in [-0.2, 0) is 6.42 Å². The van der Waals surface area contributed by atoms with Crippen LogP contribution in [0.4, 0.5) is 26.2 Å². The van der Waals surface area contributed by atoms with Gasteiger partial charge in [0.15, 0.2) is 11.6 Å². The molecule has 1 heterocycles. The quantitative estimate of drug-likeness (QED) is 0.662. The van der Waals surface area contributed by atoms with Crippen molar-refractivity contribution in [3.8, 4) is 0 Å². The minimum absolute atomic E-state index is 0.294. The second-order valence-corrected chi connectivity index (χ2v) is 5.76. The molecule has 2 aromatic carbocycles. The molecule has 0 unspecified atom stereocenters. The summed E-state index contributed by atoms with van der Waals surface area (Å²) in [5, 5.41) is 6.75. The van der Waals surface area contributed by atoms with Gasteiger partial charge in [-0.3, -0.25) is 0 Å². The molecule has 2 N–H and O–H groups in total. The van der Waals surface area contributed by atoms with E-state index in [1.165, 1.54) is 6.07 Å². The van der Waals surface area contributed by atoms with Gasteiger partial charge < -0.3 is 10.6 Å². The van der Waals surface area contributed by atoms with Crippen LogP contribution >= 0.6 is 11.6 Å². The van der Waals surface area contributed by atoms with Crippen molar-refractivity contribution in [1.82, 2.24) is 9.97 Å². The fourth-order valence-electron chi connectivity index (χ4n) is 2.21. The highest BCUT2D eigenvalue weighted by Gasteiger charge is 2.05. The predicted octanol–water partition coefficient (Wildman–Crippen LogP) is 4.81. The molecule has 0 saturated carbocycles. The molecule has 4 nitrogen and oxygen atoms in total. The molecule has 0 fully saturated rings. The Morgan fingerprint density at radius 3 is 2.52 bits per heavy atom. The Kier molecular flexibility index (Phi) is 5.40. The summed E-state index contributed by atoms with van der Waals surface area (Å²) in [6.07, 6.45) is 2.40. The lowest BCUT2D eigenvalue weighted by molar-refractivity contribution is 0.509. The van der Waals surface area contributed by atoms with Gasteiger partial charge in [-0.05, 0) is 42.3 Å². The third kappa shape index (κ3) is 4.87. The summed E-state index contributed by atoms with van der Waals surface area (Å²) in [7, 11) is 0. The molecule has 25 heavy (non-hydrogen) atoms. The molecule has 3 aromatic rings. The van der Waals surface area contributed by atoms with Crippen LogP contribution in [0.1, 0.15) is 5.56 Å².